The fourth-order valence-corrected chi connectivity index (χ4v) is 5.57. The van der Waals surface area contributed by atoms with Crippen LogP contribution in [-0.4, -0.2) is 28.9 Å². The van der Waals surface area contributed by atoms with Gasteiger partial charge in [0.05, 0.1) is 10.7 Å². The smallest absolute Gasteiger partial charge is 0.269 e. The number of hydrogen-bond donors (Lipinski definition) is 1. The Labute approximate surface area is 170 Å². The molecule has 0 aliphatic carbocycles. The molecule has 142 valence electrons. The van der Waals surface area contributed by atoms with Gasteiger partial charge in [0.15, 0.2) is 5.13 Å². The van der Waals surface area contributed by atoms with Gasteiger partial charge in [0.1, 0.15) is 10.7 Å². The first-order chi connectivity index (χ1) is 13.0. The Morgan fingerprint density at radius 3 is 3.15 bits per heavy atom. The number of carbonyl (C=O) groups is 1. The largest absolute Gasteiger partial charge is 0.297 e. The highest BCUT2D eigenvalue weighted by Crippen LogP contribution is 2.36. The van der Waals surface area contributed by atoms with Crippen LogP contribution < -0.4 is 5.32 Å². The molecule has 1 aromatic carbocycles. The Bertz CT molecular complexity index is 987. The van der Waals surface area contributed by atoms with Gasteiger partial charge in [-0.1, -0.05) is 18.5 Å². The number of nitrogens with zero attached hydrogens (tertiary/aromatic N) is 2. The lowest BCUT2D eigenvalue weighted by atomic mass is 10.0. The minimum atomic E-state index is -0.344. The number of carbonyl (C=O) groups excluding carboxylic acids is 1. The summed E-state index contributed by atoms with van der Waals surface area (Å²) in [5.74, 6) is 0.0644. The molecule has 0 bridgehead atoms. The quantitative estimate of drug-likeness (QED) is 0.591. The molecule has 3 heterocycles. The average Bonchev–Trinajstić information content (AvgIpc) is 3.19. The molecule has 0 spiro atoms. The van der Waals surface area contributed by atoms with Crippen molar-refractivity contribution in [2.75, 3.05) is 18.4 Å². The maximum Gasteiger partial charge on any atom is 0.269 e. The fourth-order valence-electron chi connectivity index (χ4n) is 3.44. The van der Waals surface area contributed by atoms with Gasteiger partial charge in [0.25, 0.3) is 5.91 Å². The summed E-state index contributed by atoms with van der Waals surface area (Å²) in [6, 6.07) is 4.34. The van der Waals surface area contributed by atoms with E-state index < -0.39 is 0 Å². The summed E-state index contributed by atoms with van der Waals surface area (Å²) < 4.78 is 14.1. The number of hydrogen-bond acceptors (Lipinski definition) is 5. The number of benzene rings is 1. The molecular formula is C19H19ClFN3OS2. The number of thiazole rings is 1. The third kappa shape index (κ3) is 4.16. The Kier molecular flexibility index (Phi) is 5.45. The molecule has 1 amide bonds. The molecule has 1 unspecified atom stereocenters. The molecule has 1 saturated heterocycles. The summed E-state index contributed by atoms with van der Waals surface area (Å²) >= 11 is 8.92. The molecule has 1 atom stereocenters. The highest BCUT2D eigenvalue weighted by Gasteiger charge is 2.20. The number of thiophene rings is 1. The molecule has 4 rings (SSSR count). The van der Waals surface area contributed by atoms with Crippen molar-refractivity contribution in [3.8, 4) is 0 Å². The highest BCUT2D eigenvalue weighted by atomic mass is 35.5. The van der Waals surface area contributed by atoms with Crippen LogP contribution in [-0.2, 0) is 6.54 Å². The number of aromatic nitrogens is 1. The van der Waals surface area contributed by atoms with Crippen LogP contribution in [0.1, 0.15) is 35.1 Å². The molecule has 2 aromatic heterocycles. The fraction of sp³-hybridized carbons (Fsp3) is 0.368. The third-order valence-electron chi connectivity index (χ3n) is 4.70. The van der Waals surface area contributed by atoms with Crippen LogP contribution in [0.15, 0.2) is 23.6 Å². The van der Waals surface area contributed by atoms with Gasteiger partial charge in [-0.2, -0.15) is 0 Å². The van der Waals surface area contributed by atoms with E-state index in [9.17, 15) is 9.18 Å². The Morgan fingerprint density at radius 2 is 2.33 bits per heavy atom. The van der Waals surface area contributed by atoms with Crippen molar-refractivity contribution in [1.82, 2.24) is 9.88 Å². The average molecular weight is 424 g/mol. The van der Waals surface area contributed by atoms with Crippen molar-refractivity contribution in [3.05, 3.63) is 45.0 Å². The summed E-state index contributed by atoms with van der Waals surface area (Å²) in [5, 5.41) is 6.40. The van der Waals surface area contributed by atoms with Gasteiger partial charge >= 0.3 is 0 Å². The maximum absolute atomic E-state index is 13.4. The minimum absolute atomic E-state index is 0.311. The second-order valence-electron chi connectivity index (χ2n) is 6.97. The molecule has 8 heteroatoms. The molecule has 27 heavy (non-hydrogen) atoms. The maximum atomic E-state index is 13.4. The van der Waals surface area contributed by atoms with Crippen molar-refractivity contribution in [2.24, 2.45) is 5.92 Å². The summed E-state index contributed by atoms with van der Waals surface area (Å²) in [6.45, 7) is 5.27. The van der Waals surface area contributed by atoms with Gasteiger partial charge in [0.2, 0.25) is 0 Å². The Hall–Kier alpha value is -1.54. The SMILES string of the molecule is CC1CCCN(Cc2csc(NC(=O)c3sc4cc(F)ccc4c3Cl)n2)C1. The number of piperidine rings is 1. The van der Waals surface area contributed by atoms with E-state index in [1.54, 1.807) is 6.07 Å². The van der Waals surface area contributed by atoms with Gasteiger partial charge in [-0.05, 0) is 43.5 Å². The van der Waals surface area contributed by atoms with E-state index >= 15 is 0 Å². The summed E-state index contributed by atoms with van der Waals surface area (Å²) in [4.78, 5) is 19.9. The normalized spacial score (nSPS) is 18.1. The molecule has 0 saturated carbocycles. The monoisotopic (exact) mass is 423 g/mol. The van der Waals surface area contributed by atoms with Gasteiger partial charge < -0.3 is 0 Å². The molecule has 1 fully saturated rings. The Morgan fingerprint density at radius 1 is 1.48 bits per heavy atom. The lowest BCUT2D eigenvalue weighted by Crippen LogP contribution is -2.33. The van der Waals surface area contributed by atoms with E-state index in [0.717, 1.165) is 31.2 Å². The number of amides is 1. The van der Waals surface area contributed by atoms with Crippen molar-refractivity contribution in [1.29, 1.82) is 0 Å². The lowest BCUT2D eigenvalue weighted by molar-refractivity contribution is 0.103. The summed E-state index contributed by atoms with van der Waals surface area (Å²) in [5.41, 5.74) is 0.967. The van der Waals surface area contributed by atoms with Crippen molar-refractivity contribution >= 4 is 55.4 Å². The van der Waals surface area contributed by atoms with Crippen LogP contribution in [0.5, 0.6) is 0 Å². The van der Waals surface area contributed by atoms with E-state index in [-0.39, 0.29) is 11.7 Å². The number of halogens is 2. The molecule has 1 aliphatic heterocycles. The zero-order valence-corrected chi connectivity index (χ0v) is 17.2. The second-order valence-corrected chi connectivity index (χ2v) is 9.25. The van der Waals surface area contributed by atoms with Gasteiger partial charge in [0, 0.05) is 28.6 Å². The molecule has 4 nitrogen and oxygen atoms in total. The molecule has 1 N–H and O–H groups in total. The predicted octanol–water partition coefficient (Wildman–Crippen LogP) is 5.63. The van der Waals surface area contributed by atoms with Crippen LogP contribution in [0.3, 0.4) is 0 Å². The van der Waals surface area contributed by atoms with E-state index in [1.807, 2.05) is 5.38 Å². The standard InChI is InChI=1S/C19H19ClFN3OS2/c1-11-3-2-6-24(8-11)9-13-10-26-19(22-13)23-18(25)17-16(20)14-5-4-12(21)7-15(14)27-17/h4-5,7,10-11H,2-3,6,8-9H2,1H3,(H,22,23,25). The van der Waals surface area contributed by atoms with Crippen LogP contribution >= 0.6 is 34.3 Å². The second kappa shape index (κ2) is 7.83. The van der Waals surface area contributed by atoms with Crippen LogP contribution in [0.2, 0.25) is 5.02 Å². The molecule has 1 aliphatic rings. The van der Waals surface area contributed by atoms with Gasteiger partial charge in [-0.25, -0.2) is 9.37 Å². The zero-order valence-electron chi connectivity index (χ0n) is 14.8. The number of anilines is 1. The Balaban J connectivity index is 1.46. The number of likely N-dealkylation sites (tertiary alicyclic amines) is 1. The lowest BCUT2D eigenvalue weighted by Gasteiger charge is -2.30. The van der Waals surface area contributed by atoms with Crippen LogP contribution in [0.4, 0.5) is 9.52 Å². The van der Waals surface area contributed by atoms with Crippen molar-refractivity contribution in [2.45, 2.75) is 26.3 Å². The minimum Gasteiger partial charge on any atom is -0.297 e. The van der Waals surface area contributed by atoms with Crippen molar-refractivity contribution in [3.63, 3.8) is 0 Å². The van der Waals surface area contributed by atoms with Gasteiger partial charge in [-0.3, -0.25) is 15.0 Å². The summed E-state index contributed by atoms with van der Waals surface area (Å²) in [6.07, 6.45) is 2.51. The zero-order chi connectivity index (χ0) is 19.0. The number of rotatable bonds is 4. The van der Waals surface area contributed by atoms with E-state index in [4.69, 9.17) is 11.6 Å². The number of nitrogens with one attached hydrogen (secondary N) is 1. The third-order valence-corrected chi connectivity index (χ3v) is 7.16. The van der Waals surface area contributed by atoms with E-state index in [2.05, 4.69) is 22.1 Å². The van der Waals surface area contributed by atoms with E-state index in [0.29, 0.717) is 25.1 Å². The highest BCUT2D eigenvalue weighted by molar-refractivity contribution is 7.21. The van der Waals surface area contributed by atoms with Crippen LogP contribution in [0.25, 0.3) is 10.1 Å². The number of fused-ring (bicyclic) bond motifs is 1. The summed E-state index contributed by atoms with van der Waals surface area (Å²) in [7, 11) is 0. The van der Waals surface area contributed by atoms with E-state index in [1.165, 1.54) is 47.6 Å². The topological polar surface area (TPSA) is 45.2 Å². The molecule has 3 aromatic rings. The molecule has 0 radical (unpaired) electrons. The van der Waals surface area contributed by atoms with Crippen LogP contribution in [0, 0.1) is 11.7 Å². The first kappa shape index (κ1) is 18.8. The first-order valence-electron chi connectivity index (χ1n) is 8.85. The van der Waals surface area contributed by atoms with Crippen molar-refractivity contribution < 1.29 is 9.18 Å². The first-order valence-corrected chi connectivity index (χ1v) is 10.9. The van der Waals surface area contributed by atoms with Gasteiger partial charge in [-0.15, -0.1) is 22.7 Å². The predicted molar refractivity (Wildman–Crippen MR) is 111 cm³/mol. The molecular weight excluding hydrogens is 405 g/mol.